The van der Waals surface area contributed by atoms with E-state index in [1.807, 2.05) is 42.5 Å². The van der Waals surface area contributed by atoms with Gasteiger partial charge in [-0.3, -0.25) is 0 Å². The highest BCUT2D eigenvalue weighted by Gasteiger charge is 2.11. The summed E-state index contributed by atoms with van der Waals surface area (Å²) in [4.78, 5) is 0.575. The minimum absolute atomic E-state index is 0.340. The van der Waals surface area contributed by atoms with E-state index in [1.54, 1.807) is 24.3 Å². The Bertz CT molecular complexity index is 947. The van der Waals surface area contributed by atoms with Crippen LogP contribution in [0.2, 0.25) is 15.1 Å². The molecule has 0 heterocycles. The van der Waals surface area contributed by atoms with Crippen molar-refractivity contribution in [3.63, 3.8) is 0 Å². The molecule has 3 rings (SSSR count). The van der Waals surface area contributed by atoms with Crippen LogP contribution in [0.4, 0.5) is 0 Å². The molecule has 0 radical (unpaired) electrons. The molecule has 3 aromatic rings. The molecule has 138 valence electrons. The molecule has 0 unspecified atom stereocenters. The Morgan fingerprint density at radius 3 is 2.37 bits per heavy atom. The predicted octanol–water partition coefficient (Wildman–Crippen LogP) is 6.69. The highest BCUT2D eigenvalue weighted by molar-refractivity contribution is 7.80. The topological polar surface area (TPSA) is 21.3 Å². The van der Waals surface area contributed by atoms with E-state index in [-0.39, 0.29) is 0 Å². The molecule has 0 spiro atoms. The highest BCUT2D eigenvalue weighted by atomic mass is 35.5. The molecular formula is C21H16Cl3NOS. The predicted molar refractivity (Wildman–Crippen MR) is 117 cm³/mol. The van der Waals surface area contributed by atoms with Crippen molar-refractivity contribution in [2.75, 3.05) is 0 Å². The van der Waals surface area contributed by atoms with Crippen LogP contribution >= 0.6 is 47.0 Å². The minimum atomic E-state index is 0.340. The Morgan fingerprint density at radius 1 is 0.852 bits per heavy atom. The lowest BCUT2D eigenvalue weighted by atomic mass is 10.1. The third-order valence-corrected chi connectivity index (χ3v) is 5.20. The first kappa shape index (κ1) is 20.0. The Hall–Kier alpha value is -1.78. The monoisotopic (exact) mass is 435 g/mol. The summed E-state index contributed by atoms with van der Waals surface area (Å²) in [5.41, 5.74) is 2.79. The normalized spacial score (nSPS) is 10.5. The maximum absolute atomic E-state index is 6.16. The number of ether oxygens (including phenoxy) is 1. The molecule has 27 heavy (non-hydrogen) atoms. The second-order valence-corrected chi connectivity index (χ2v) is 7.50. The number of hydrogen-bond acceptors (Lipinski definition) is 2. The van der Waals surface area contributed by atoms with Crippen molar-refractivity contribution in [1.29, 1.82) is 0 Å². The Morgan fingerprint density at radius 2 is 1.63 bits per heavy atom. The van der Waals surface area contributed by atoms with Gasteiger partial charge < -0.3 is 10.1 Å². The fourth-order valence-electron chi connectivity index (χ4n) is 2.47. The zero-order valence-electron chi connectivity index (χ0n) is 14.2. The van der Waals surface area contributed by atoms with Gasteiger partial charge in [0.1, 0.15) is 17.3 Å². The van der Waals surface area contributed by atoms with Gasteiger partial charge in [-0.1, -0.05) is 83.4 Å². The van der Waals surface area contributed by atoms with Crippen LogP contribution in [0.5, 0.6) is 5.75 Å². The molecule has 0 aromatic heterocycles. The molecule has 0 aliphatic heterocycles. The summed E-state index contributed by atoms with van der Waals surface area (Å²) in [5, 5.41) is 4.85. The van der Waals surface area contributed by atoms with Crippen LogP contribution in [-0.2, 0) is 13.2 Å². The third-order valence-electron chi connectivity index (χ3n) is 3.86. The fourth-order valence-corrected chi connectivity index (χ4v) is 3.19. The molecule has 0 saturated carbocycles. The van der Waals surface area contributed by atoms with Crippen molar-refractivity contribution in [3.8, 4) is 5.75 Å². The van der Waals surface area contributed by atoms with Gasteiger partial charge in [0.2, 0.25) is 0 Å². The van der Waals surface area contributed by atoms with Crippen molar-refractivity contribution in [1.82, 2.24) is 5.32 Å². The van der Waals surface area contributed by atoms with E-state index in [2.05, 4.69) is 5.32 Å². The van der Waals surface area contributed by atoms with Crippen LogP contribution in [-0.4, -0.2) is 4.99 Å². The lowest BCUT2D eigenvalue weighted by Gasteiger charge is -2.14. The number of nitrogens with one attached hydrogen (secondary N) is 1. The second kappa shape index (κ2) is 9.43. The Balaban J connectivity index is 1.72. The lowest BCUT2D eigenvalue weighted by molar-refractivity contribution is 0.305. The summed E-state index contributed by atoms with van der Waals surface area (Å²) in [6.45, 7) is 0.964. The summed E-state index contributed by atoms with van der Waals surface area (Å²) in [6, 6.07) is 20.8. The molecule has 0 saturated heterocycles. The van der Waals surface area contributed by atoms with Gasteiger partial charge in [0, 0.05) is 11.6 Å². The average Bonchev–Trinajstić information content (AvgIpc) is 2.68. The van der Waals surface area contributed by atoms with Gasteiger partial charge in [-0.25, -0.2) is 0 Å². The van der Waals surface area contributed by atoms with E-state index < -0.39 is 0 Å². The van der Waals surface area contributed by atoms with E-state index in [0.717, 1.165) is 16.7 Å². The van der Waals surface area contributed by atoms with E-state index in [4.69, 9.17) is 51.8 Å². The minimum Gasteiger partial charge on any atom is -0.488 e. The van der Waals surface area contributed by atoms with E-state index >= 15 is 0 Å². The van der Waals surface area contributed by atoms with Crippen LogP contribution in [0.25, 0.3) is 0 Å². The van der Waals surface area contributed by atoms with Crippen molar-refractivity contribution < 1.29 is 4.74 Å². The quantitative estimate of drug-likeness (QED) is 0.435. The maximum atomic E-state index is 6.16. The number of halogens is 3. The molecule has 0 aliphatic carbocycles. The summed E-state index contributed by atoms with van der Waals surface area (Å²) in [7, 11) is 0. The largest absolute Gasteiger partial charge is 0.488 e. The molecule has 0 amide bonds. The Kier molecular flexibility index (Phi) is 6.97. The third kappa shape index (κ3) is 5.60. The SMILES string of the molecule is S=C(NCc1ccccc1)c1cc(Cl)ccc1OCc1ccc(Cl)c(Cl)c1. The molecule has 2 nitrogen and oxygen atoms in total. The van der Waals surface area contributed by atoms with Gasteiger partial charge in [-0.15, -0.1) is 0 Å². The van der Waals surface area contributed by atoms with Crippen LogP contribution in [0.3, 0.4) is 0 Å². The maximum Gasteiger partial charge on any atom is 0.130 e. The summed E-state index contributed by atoms with van der Waals surface area (Å²) in [5.74, 6) is 0.649. The van der Waals surface area contributed by atoms with Crippen molar-refractivity contribution in [2.45, 2.75) is 13.2 Å². The van der Waals surface area contributed by atoms with E-state index in [9.17, 15) is 0 Å². The first-order chi connectivity index (χ1) is 13.0. The fraction of sp³-hybridized carbons (Fsp3) is 0.0952. The smallest absolute Gasteiger partial charge is 0.130 e. The molecule has 0 atom stereocenters. The molecular weight excluding hydrogens is 421 g/mol. The molecule has 0 bridgehead atoms. The van der Waals surface area contributed by atoms with Gasteiger partial charge in [-0.05, 0) is 41.5 Å². The van der Waals surface area contributed by atoms with Gasteiger partial charge in [0.05, 0.1) is 15.6 Å². The first-order valence-corrected chi connectivity index (χ1v) is 9.75. The second-order valence-electron chi connectivity index (χ2n) is 5.85. The first-order valence-electron chi connectivity index (χ1n) is 8.21. The zero-order chi connectivity index (χ0) is 19.2. The van der Waals surface area contributed by atoms with Gasteiger partial charge in [0.25, 0.3) is 0 Å². The number of benzene rings is 3. The van der Waals surface area contributed by atoms with Crippen molar-refractivity contribution in [2.24, 2.45) is 0 Å². The van der Waals surface area contributed by atoms with Gasteiger partial charge in [0.15, 0.2) is 0 Å². The molecule has 1 N–H and O–H groups in total. The number of hydrogen-bond donors (Lipinski definition) is 1. The van der Waals surface area contributed by atoms with Crippen LogP contribution < -0.4 is 10.1 Å². The molecule has 0 aliphatic rings. The van der Waals surface area contributed by atoms with E-state index in [1.165, 1.54) is 0 Å². The van der Waals surface area contributed by atoms with E-state index in [0.29, 0.717) is 39.0 Å². The number of rotatable bonds is 6. The van der Waals surface area contributed by atoms with Gasteiger partial charge >= 0.3 is 0 Å². The zero-order valence-corrected chi connectivity index (χ0v) is 17.3. The summed E-state index contributed by atoms with van der Waals surface area (Å²) < 4.78 is 5.96. The lowest BCUT2D eigenvalue weighted by Crippen LogP contribution is -2.22. The molecule has 0 fully saturated rings. The summed E-state index contributed by atoms with van der Waals surface area (Å²) >= 11 is 23.7. The molecule has 3 aromatic carbocycles. The number of thiocarbonyl (C=S) groups is 1. The average molecular weight is 437 g/mol. The van der Waals surface area contributed by atoms with Crippen LogP contribution in [0.1, 0.15) is 16.7 Å². The van der Waals surface area contributed by atoms with Crippen molar-refractivity contribution in [3.05, 3.63) is 98.5 Å². The molecule has 6 heteroatoms. The van der Waals surface area contributed by atoms with Crippen molar-refractivity contribution >= 4 is 52.0 Å². The Labute approximate surface area is 179 Å². The summed E-state index contributed by atoms with van der Waals surface area (Å²) in [6.07, 6.45) is 0. The van der Waals surface area contributed by atoms with Crippen LogP contribution in [0, 0.1) is 0 Å². The van der Waals surface area contributed by atoms with Crippen LogP contribution in [0.15, 0.2) is 66.7 Å². The highest BCUT2D eigenvalue weighted by Crippen LogP contribution is 2.26. The standard InChI is InChI=1S/C21H16Cl3NOS/c22-16-7-9-20(26-13-15-6-8-18(23)19(24)10-15)17(11-16)21(27)25-12-14-4-2-1-3-5-14/h1-11H,12-13H2,(H,25,27). The van der Waals surface area contributed by atoms with Gasteiger partial charge in [-0.2, -0.15) is 0 Å².